The number of halogens is 1. The van der Waals surface area contributed by atoms with Crippen LogP contribution in [0.3, 0.4) is 0 Å². The van der Waals surface area contributed by atoms with E-state index >= 15 is 0 Å². The molecule has 6 heteroatoms. The van der Waals surface area contributed by atoms with Gasteiger partial charge in [-0.1, -0.05) is 12.1 Å². The summed E-state index contributed by atoms with van der Waals surface area (Å²) in [5.41, 5.74) is 3.67. The Labute approximate surface area is 181 Å². The maximum absolute atomic E-state index is 5.92. The third kappa shape index (κ3) is 3.92. The molecule has 0 radical (unpaired) electrons. The van der Waals surface area contributed by atoms with Gasteiger partial charge in [-0.3, -0.25) is 9.88 Å². The zero-order valence-electron chi connectivity index (χ0n) is 17.1. The minimum Gasteiger partial charge on any atom is -0.383 e. The van der Waals surface area contributed by atoms with Gasteiger partial charge in [0.25, 0.3) is 0 Å². The van der Waals surface area contributed by atoms with E-state index in [2.05, 4.69) is 57.3 Å². The molecule has 0 unspecified atom stereocenters. The van der Waals surface area contributed by atoms with Crippen LogP contribution in [0.1, 0.15) is 44.2 Å². The normalized spacial score (nSPS) is 27.7. The Morgan fingerprint density at radius 2 is 2.07 bits per heavy atom. The first kappa shape index (κ1) is 19.7. The molecule has 5 nitrogen and oxygen atoms in total. The molecule has 5 rings (SSSR count). The minimum atomic E-state index is 0.158. The quantitative estimate of drug-likeness (QED) is 0.657. The van der Waals surface area contributed by atoms with Crippen molar-refractivity contribution in [2.24, 2.45) is 0 Å². The van der Waals surface area contributed by atoms with Crippen molar-refractivity contribution in [3.05, 3.63) is 34.4 Å². The molecule has 3 aliphatic rings. The number of benzene rings is 1. The number of nitrogens with one attached hydrogen (secondary N) is 1. The second-order valence-corrected chi connectivity index (χ2v) is 9.52. The number of morpholine rings is 1. The summed E-state index contributed by atoms with van der Waals surface area (Å²) in [7, 11) is 0. The van der Waals surface area contributed by atoms with Crippen molar-refractivity contribution in [3.63, 3.8) is 0 Å². The van der Waals surface area contributed by atoms with Crippen LogP contribution < -0.4 is 5.32 Å². The third-order valence-electron chi connectivity index (χ3n) is 6.71. The van der Waals surface area contributed by atoms with Crippen molar-refractivity contribution in [2.45, 2.75) is 50.2 Å². The number of anilines is 1. The lowest BCUT2D eigenvalue weighted by Gasteiger charge is -2.55. The molecule has 0 bridgehead atoms. The molecule has 2 heterocycles. The summed E-state index contributed by atoms with van der Waals surface area (Å²) < 4.78 is 12.6. The van der Waals surface area contributed by atoms with Gasteiger partial charge in [0.15, 0.2) is 0 Å². The van der Waals surface area contributed by atoms with Crippen molar-refractivity contribution in [1.29, 1.82) is 0 Å². The van der Waals surface area contributed by atoms with Gasteiger partial charge < -0.3 is 14.8 Å². The predicted octanol–water partition coefficient (Wildman–Crippen LogP) is 4.56. The standard InChI is InChI=1S/C23H30BrN3O2/c1-2-29-17-13-23(14-17,27-8-10-28-11-9-27)15-25-21-12-20(16-6-7-16)26-22-18(21)4-3-5-19(22)24/h3-5,12,16-17H,2,6-11,13-15H2,1H3,(H,25,26). The lowest BCUT2D eigenvalue weighted by Crippen LogP contribution is -2.65. The highest BCUT2D eigenvalue weighted by atomic mass is 79.9. The number of hydrogen-bond donors (Lipinski definition) is 1. The summed E-state index contributed by atoms with van der Waals surface area (Å²) in [6.07, 6.45) is 5.09. The van der Waals surface area contributed by atoms with Gasteiger partial charge in [0, 0.05) is 58.9 Å². The summed E-state index contributed by atoms with van der Waals surface area (Å²) in [5, 5.41) is 5.04. The van der Waals surface area contributed by atoms with E-state index in [-0.39, 0.29) is 5.54 Å². The molecule has 2 aliphatic carbocycles. The molecule has 2 aromatic rings. The lowest BCUT2D eigenvalue weighted by molar-refractivity contribution is -0.121. The van der Waals surface area contributed by atoms with Gasteiger partial charge in [-0.2, -0.15) is 0 Å². The fourth-order valence-electron chi connectivity index (χ4n) is 4.92. The first-order chi connectivity index (χ1) is 14.2. The molecule has 2 saturated carbocycles. The molecule has 0 spiro atoms. The highest BCUT2D eigenvalue weighted by Gasteiger charge is 2.49. The molecular formula is C23H30BrN3O2. The maximum Gasteiger partial charge on any atom is 0.0868 e. The smallest absolute Gasteiger partial charge is 0.0868 e. The summed E-state index contributed by atoms with van der Waals surface area (Å²) in [6, 6.07) is 8.65. The van der Waals surface area contributed by atoms with E-state index in [9.17, 15) is 0 Å². The van der Waals surface area contributed by atoms with Crippen molar-refractivity contribution in [2.75, 3.05) is 44.8 Å². The zero-order chi connectivity index (χ0) is 19.8. The molecule has 1 aromatic carbocycles. The number of pyridine rings is 1. The molecule has 3 fully saturated rings. The average Bonchev–Trinajstić information content (AvgIpc) is 3.56. The van der Waals surface area contributed by atoms with Gasteiger partial charge in [0.05, 0.1) is 24.8 Å². The topological polar surface area (TPSA) is 46.6 Å². The molecule has 1 N–H and O–H groups in total. The van der Waals surface area contributed by atoms with Crippen LogP contribution in [0.4, 0.5) is 5.69 Å². The Hall–Kier alpha value is -1.21. The number of rotatable bonds is 7. The van der Waals surface area contributed by atoms with Crippen LogP contribution >= 0.6 is 15.9 Å². The zero-order valence-corrected chi connectivity index (χ0v) is 18.7. The molecule has 1 saturated heterocycles. The summed E-state index contributed by atoms with van der Waals surface area (Å²) in [4.78, 5) is 7.59. The van der Waals surface area contributed by atoms with Gasteiger partial charge in [0.2, 0.25) is 0 Å². The lowest BCUT2D eigenvalue weighted by atomic mass is 9.72. The van der Waals surface area contributed by atoms with E-state index in [0.717, 1.165) is 62.3 Å². The van der Waals surface area contributed by atoms with E-state index < -0.39 is 0 Å². The first-order valence-corrected chi connectivity index (χ1v) is 11.8. The average molecular weight is 460 g/mol. The van der Waals surface area contributed by atoms with E-state index in [4.69, 9.17) is 14.5 Å². The van der Waals surface area contributed by atoms with Gasteiger partial charge in [0.1, 0.15) is 0 Å². The molecule has 29 heavy (non-hydrogen) atoms. The van der Waals surface area contributed by atoms with Crippen molar-refractivity contribution in [1.82, 2.24) is 9.88 Å². The van der Waals surface area contributed by atoms with Crippen LogP contribution in [0, 0.1) is 0 Å². The Morgan fingerprint density at radius 3 is 2.79 bits per heavy atom. The van der Waals surface area contributed by atoms with Crippen molar-refractivity contribution in [3.8, 4) is 0 Å². The number of nitrogens with zero attached hydrogens (tertiary/aromatic N) is 2. The molecule has 156 valence electrons. The van der Waals surface area contributed by atoms with E-state index in [1.807, 2.05) is 0 Å². The molecule has 1 aliphatic heterocycles. The summed E-state index contributed by atoms with van der Waals surface area (Å²) >= 11 is 3.71. The Morgan fingerprint density at radius 1 is 1.28 bits per heavy atom. The van der Waals surface area contributed by atoms with Crippen LogP contribution in [0.15, 0.2) is 28.7 Å². The van der Waals surface area contributed by atoms with Crippen LogP contribution in [-0.2, 0) is 9.47 Å². The van der Waals surface area contributed by atoms with E-state index in [1.54, 1.807) is 0 Å². The molecular weight excluding hydrogens is 430 g/mol. The highest BCUT2D eigenvalue weighted by molar-refractivity contribution is 9.10. The van der Waals surface area contributed by atoms with Crippen LogP contribution in [-0.4, -0.2) is 61.0 Å². The second kappa shape index (κ2) is 8.14. The van der Waals surface area contributed by atoms with Gasteiger partial charge in [-0.25, -0.2) is 0 Å². The van der Waals surface area contributed by atoms with Gasteiger partial charge >= 0.3 is 0 Å². The maximum atomic E-state index is 5.92. The Kier molecular flexibility index (Phi) is 5.54. The fourth-order valence-corrected chi connectivity index (χ4v) is 5.38. The van der Waals surface area contributed by atoms with E-state index in [0.29, 0.717) is 12.0 Å². The molecule has 0 atom stereocenters. The Balaban J connectivity index is 1.41. The van der Waals surface area contributed by atoms with Crippen molar-refractivity contribution < 1.29 is 9.47 Å². The molecule has 0 amide bonds. The number of para-hydroxylation sites is 1. The third-order valence-corrected chi connectivity index (χ3v) is 7.35. The van der Waals surface area contributed by atoms with Crippen molar-refractivity contribution >= 4 is 32.5 Å². The van der Waals surface area contributed by atoms with Gasteiger partial charge in [-0.15, -0.1) is 0 Å². The minimum absolute atomic E-state index is 0.158. The van der Waals surface area contributed by atoms with Crippen LogP contribution in [0.2, 0.25) is 0 Å². The molecule has 1 aromatic heterocycles. The summed E-state index contributed by atoms with van der Waals surface area (Å²) in [6.45, 7) is 7.51. The second-order valence-electron chi connectivity index (χ2n) is 8.67. The number of fused-ring (bicyclic) bond motifs is 1. The first-order valence-electron chi connectivity index (χ1n) is 11.0. The van der Waals surface area contributed by atoms with Gasteiger partial charge in [-0.05, 0) is 60.7 Å². The SMILES string of the molecule is CCOC1CC(CNc2cc(C3CC3)nc3c(Br)cccc23)(N2CCOCC2)C1. The largest absolute Gasteiger partial charge is 0.383 e. The number of ether oxygens (including phenoxy) is 2. The van der Waals surface area contributed by atoms with Crippen LogP contribution in [0.25, 0.3) is 10.9 Å². The monoisotopic (exact) mass is 459 g/mol. The van der Waals surface area contributed by atoms with Crippen LogP contribution in [0.5, 0.6) is 0 Å². The number of hydrogen-bond acceptors (Lipinski definition) is 5. The summed E-state index contributed by atoms with van der Waals surface area (Å²) in [5.74, 6) is 0.631. The highest BCUT2D eigenvalue weighted by Crippen LogP contribution is 2.43. The predicted molar refractivity (Wildman–Crippen MR) is 120 cm³/mol. The van der Waals surface area contributed by atoms with E-state index in [1.165, 1.54) is 29.6 Å². The fraction of sp³-hybridized carbons (Fsp3) is 0.609. The number of aromatic nitrogens is 1. The Bertz CT molecular complexity index is 874.